The van der Waals surface area contributed by atoms with E-state index < -0.39 is 17.6 Å². The Balaban J connectivity index is 2.73. The summed E-state index contributed by atoms with van der Waals surface area (Å²) in [5.41, 5.74) is 4.54. The van der Waals surface area contributed by atoms with Crippen molar-refractivity contribution in [2.45, 2.75) is 44.3 Å². The largest absolute Gasteiger partial charge is 0.393 e. The number of rotatable bonds is 0. The SMILES string of the molecule is CC1(N)CCCCC1C(F)(F)F. The van der Waals surface area contributed by atoms with Crippen LogP contribution in [0.3, 0.4) is 0 Å². The first kappa shape index (κ1) is 9.84. The third kappa shape index (κ3) is 1.91. The van der Waals surface area contributed by atoms with Gasteiger partial charge >= 0.3 is 6.18 Å². The molecule has 0 aromatic rings. The van der Waals surface area contributed by atoms with Crippen LogP contribution in [0.5, 0.6) is 0 Å². The van der Waals surface area contributed by atoms with Crippen molar-refractivity contribution in [1.29, 1.82) is 0 Å². The number of alkyl halides is 3. The van der Waals surface area contributed by atoms with Gasteiger partial charge < -0.3 is 5.73 Å². The lowest BCUT2D eigenvalue weighted by Gasteiger charge is -2.39. The van der Waals surface area contributed by atoms with Crippen molar-refractivity contribution in [3.8, 4) is 0 Å². The molecular weight excluding hydrogens is 167 g/mol. The van der Waals surface area contributed by atoms with Gasteiger partial charge in [0, 0.05) is 5.54 Å². The summed E-state index contributed by atoms with van der Waals surface area (Å²) in [6, 6.07) is 0. The smallest absolute Gasteiger partial charge is 0.325 e. The Morgan fingerprint density at radius 1 is 1.33 bits per heavy atom. The molecule has 0 radical (unpaired) electrons. The topological polar surface area (TPSA) is 26.0 Å². The van der Waals surface area contributed by atoms with E-state index in [2.05, 4.69) is 0 Å². The van der Waals surface area contributed by atoms with Crippen LogP contribution in [0.4, 0.5) is 13.2 Å². The lowest BCUT2D eigenvalue weighted by Crippen LogP contribution is -2.52. The molecule has 0 aromatic carbocycles. The molecule has 0 spiro atoms. The highest BCUT2D eigenvalue weighted by molar-refractivity contribution is 4.93. The fourth-order valence-electron chi connectivity index (χ4n) is 1.90. The van der Waals surface area contributed by atoms with E-state index in [1.165, 1.54) is 6.92 Å². The van der Waals surface area contributed by atoms with Crippen molar-refractivity contribution in [3.63, 3.8) is 0 Å². The maximum atomic E-state index is 12.4. The fraction of sp³-hybridized carbons (Fsp3) is 1.00. The van der Waals surface area contributed by atoms with Crippen LogP contribution in [-0.2, 0) is 0 Å². The number of hydrogen-bond donors (Lipinski definition) is 1. The van der Waals surface area contributed by atoms with Crippen molar-refractivity contribution < 1.29 is 13.2 Å². The van der Waals surface area contributed by atoms with Crippen LogP contribution in [0.2, 0.25) is 0 Å². The average molecular weight is 181 g/mol. The molecule has 1 aliphatic carbocycles. The molecule has 72 valence electrons. The fourth-order valence-corrected chi connectivity index (χ4v) is 1.90. The maximum absolute atomic E-state index is 12.4. The first-order valence-corrected chi connectivity index (χ1v) is 4.19. The third-order valence-corrected chi connectivity index (χ3v) is 2.65. The molecule has 1 nitrogen and oxygen atoms in total. The van der Waals surface area contributed by atoms with Gasteiger partial charge in [-0.15, -0.1) is 0 Å². The summed E-state index contributed by atoms with van der Waals surface area (Å²) in [6.45, 7) is 1.50. The molecular formula is C8H14F3N. The van der Waals surface area contributed by atoms with Gasteiger partial charge in [-0.05, 0) is 19.8 Å². The normalized spacial score (nSPS) is 38.2. The summed E-state index contributed by atoms with van der Waals surface area (Å²) < 4.78 is 37.1. The first-order chi connectivity index (χ1) is 5.34. The van der Waals surface area contributed by atoms with Gasteiger partial charge in [0.25, 0.3) is 0 Å². The van der Waals surface area contributed by atoms with Gasteiger partial charge in [0.2, 0.25) is 0 Å². The van der Waals surface area contributed by atoms with Crippen molar-refractivity contribution in [2.75, 3.05) is 0 Å². The summed E-state index contributed by atoms with van der Waals surface area (Å²) in [5, 5.41) is 0. The minimum Gasteiger partial charge on any atom is -0.325 e. The van der Waals surface area contributed by atoms with E-state index >= 15 is 0 Å². The Bertz CT molecular complexity index is 162. The minimum atomic E-state index is -4.12. The molecule has 0 saturated heterocycles. The van der Waals surface area contributed by atoms with Crippen molar-refractivity contribution in [2.24, 2.45) is 11.7 Å². The summed E-state index contributed by atoms with van der Waals surface area (Å²) in [5.74, 6) is -1.31. The molecule has 1 aliphatic rings. The van der Waals surface area contributed by atoms with E-state index in [1.807, 2.05) is 0 Å². The zero-order chi connectivity index (χ0) is 9.41. The third-order valence-electron chi connectivity index (χ3n) is 2.65. The standard InChI is InChI=1S/C8H14F3N/c1-7(12)5-3-2-4-6(7)8(9,10)11/h6H,2-5,12H2,1H3. The Morgan fingerprint density at radius 3 is 2.25 bits per heavy atom. The zero-order valence-electron chi connectivity index (χ0n) is 7.12. The molecule has 0 aromatic heterocycles. The second-order valence-corrected chi connectivity index (χ2v) is 3.85. The van der Waals surface area contributed by atoms with Gasteiger partial charge in [-0.25, -0.2) is 0 Å². The zero-order valence-corrected chi connectivity index (χ0v) is 7.12. The predicted octanol–water partition coefficient (Wildman–Crippen LogP) is 2.46. The van der Waals surface area contributed by atoms with Gasteiger partial charge in [-0.2, -0.15) is 13.2 Å². The second-order valence-electron chi connectivity index (χ2n) is 3.85. The van der Waals surface area contributed by atoms with Gasteiger partial charge in [0.15, 0.2) is 0 Å². The molecule has 0 heterocycles. The van der Waals surface area contributed by atoms with Crippen LogP contribution >= 0.6 is 0 Å². The summed E-state index contributed by atoms with van der Waals surface area (Å²) >= 11 is 0. The number of hydrogen-bond acceptors (Lipinski definition) is 1. The monoisotopic (exact) mass is 181 g/mol. The molecule has 2 unspecified atom stereocenters. The quantitative estimate of drug-likeness (QED) is 0.610. The van der Waals surface area contributed by atoms with Crippen LogP contribution < -0.4 is 5.73 Å². The number of halogens is 3. The predicted molar refractivity (Wildman–Crippen MR) is 40.6 cm³/mol. The highest BCUT2D eigenvalue weighted by atomic mass is 19.4. The summed E-state index contributed by atoms with van der Waals surface area (Å²) in [7, 11) is 0. The van der Waals surface area contributed by atoms with Crippen LogP contribution in [-0.4, -0.2) is 11.7 Å². The molecule has 1 saturated carbocycles. The van der Waals surface area contributed by atoms with Crippen LogP contribution in [0, 0.1) is 5.92 Å². The second kappa shape index (κ2) is 2.91. The molecule has 1 fully saturated rings. The Labute approximate surface area is 70.1 Å². The summed E-state index contributed by atoms with van der Waals surface area (Å²) in [6.07, 6.45) is -1.98. The molecule has 0 aliphatic heterocycles. The van der Waals surface area contributed by atoms with E-state index in [0.717, 1.165) is 6.42 Å². The summed E-state index contributed by atoms with van der Waals surface area (Å²) in [4.78, 5) is 0. The molecule has 2 N–H and O–H groups in total. The lowest BCUT2D eigenvalue weighted by atomic mass is 9.74. The van der Waals surface area contributed by atoms with Crippen LogP contribution in [0.25, 0.3) is 0 Å². The average Bonchev–Trinajstić information content (AvgIpc) is 1.83. The van der Waals surface area contributed by atoms with E-state index in [1.54, 1.807) is 0 Å². The molecule has 12 heavy (non-hydrogen) atoms. The lowest BCUT2D eigenvalue weighted by molar-refractivity contribution is -0.198. The minimum absolute atomic E-state index is 0.191. The van der Waals surface area contributed by atoms with Crippen LogP contribution in [0.1, 0.15) is 32.6 Å². The van der Waals surface area contributed by atoms with E-state index in [4.69, 9.17) is 5.73 Å². The highest BCUT2D eigenvalue weighted by Gasteiger charge is 2.49. The Morgan fingerprint density at radius 2 is 1.92 bits per heavy atom. The molecule has 1 rings (SSSR count). The van der Waals surface area contributed by atoms with E-state index in [0.29, 0.717) is 12.8 Å². The van der Waals surface area contributed by atoms with Gasteiger partial charge in [-0.1, -0.05) is 12.8 Å². The van der Waals surface area contributed by atoms with Crippen molar-refractivity contribution >= 4 is 0 Å². The van der Waals surface area contributed by atoms with Gasteiger partial charge in [0.1, 0.15) is 0 Å². The van der Waals surface area contributed by atoms with Crippen molar-refractivity contribution in [3.05, 3.63) is 0 Å². The molecule has 4 heteroatoms. The Hall–Kier alpha value is -0.250. The highest BCUT2D eigenvalue weighted by Crippen LogP contribution is 2.42. The van der Waals surface area contributed by atoms with Crippen molar-refractivity contribution in [1.82, 2.24) is 0 Å². The van der Waals surface area contributed by atoms with E-state index in [-0.39, 0.29) is 6.42 Å². The van der Waals surface area contributed by atoms with E-state index in [9.17, 15) is 13.2 Å². The van der Waals surface area contributed by atoms with Crippen LogP contribution in [0.15, 0.2) is 0 Å². The Kier molecular flexibility index (Phi) is 2.38. The molecule has 2 atom stereocenters. The first-order valence-electron chi connectivity index (χ1n) is 4.19. The van der Waals surface area contributed by atoms with Gasteiger partial charge in [-0.3, -0.25) is 0 Å². The maximum Gasteiger partial charge on any atom is 0.393 e. The number of nitrogens with two attached hydrogens (primary N) is 1. The molecule has 0 amide bonds. The molecule has 0 bridgehead atoms. The van der Waals surface area contributed by atoms with Gasteiger partial charge in [0.05, 0.1) is 5.92 Å².